The van der Waals surface area contributed by atoms with Crippen LogP contribution in [0.25, 0.3) is 0 Å². The van der Waals surface area contributed by atoms with Crippen molar-refractivity contribution in [2.24, 2.45) is 5.14 Å². The van der Waals surface area contributed by atoms with Crippen LogP contribution in [0, 0.1) is 0 Å². The third kappa shape index (κ3) is 5.70. The number of ether oxygens (including phenoxy) is 3. The van der Waals surface area contributed by atoms with E-state index in [2.05, 4.69) is 0 Å². The van der Waals surface area contributed by atoms with Crippen LogP contribution in [0.2, 0.25) is 0 Å². The standard InChI is InChI=1S/C13H19NO6S/c1-18-6-3-7-20-13(15)9-10-4-5-11(19-2)12(8-10)21(14,16)17/h4-5,8H,3,6-7,9H2,1-2H3,(H2,14,16,17). The normalized spacial score (nSPS) is 11.2. The van der Waals surface area contributed by atoms with Crippen molar-refractivity contribution in [2.45, 2.75) is 17.7 Å². The van der Waals surface area contributed by atoms with Crippen LogP contribution in [-0.4, -0.2) is 41.8 Å². The molecule has 0 radical (unpaired) electrons. The Kier molecular flexibility index (Phi) is 6.60. The molecule has 0 bridgehead atoms. The zero-order chi connectivity index (χ0) is 15.9. The Morgan fingerprint density at radius 1 is 1.24 bits per heavy atom. The molecule has 0 aromatic heterocycles. The van der Waals surface area contributed by atoms with Crippen LogP contribution in [0.3, 0.4) is 0 Å². The summed E-state index contributed by atoms with van der Waals surface area (Å²) in [5.74, 6) is -0.314. The number of carbonyl (C=O) groups is 1. The summed E-state index contributed by atoms with van der Waals surface area (Å²) < 4.78 is 37.7. The van der Waals surface area contributed by atoms with Crippen LogP contribution in [0.5, 0.6) is 5.75 Å². The summed E-state index contributed by atoms with van der Waals surface area (Å²) in [5, 5.41) is 5.11. The molecule has 0 aliphatic heterocycles. The smallest absolute Gasteiger partial charge is 0.310 e. The second kappa shape index (κ2) is 7.96. The fourth-order valence-electron chi connectivity index (χ4n) is 1.66. The molecule has 21 heavy (non-hydrogen) atoms. The van der Waals surface area contributed by atoms with Crippen LogP contribution < -0.4 is 9.88 Å². The second-order valence-electron chi connectivity index (χ2n) is 4.27. The highest BCUT2D eigenvalue weighted by Gasteiger charge is 2.16. The number of rotatable bonds is 8. The molecule has 1 aromatic carbocycles. The summed E-state index contributed by atoms with van der Waals surface area (Å²) in [6.45, 7) is 0.760. The molecule has 0 amide bonds. The van der Waals surface area contributed by atoms with E-state index in [0.29, 0.717) is 18.6 Å². The van der Waals surface area contributed by atoms with Gasteiger partial charge in [0.05, 0.1) is 20.1 Å². The molecule has 1 rings (SSSR count). The van der Waals surface area contributed by atoms with Crippen molar-refractivity contribution in [1.82, 2.24) is 0 Å². The quantitative estimate of drug-likeness (QED) is 0.552. The number of benzene rings is 1. The van der Waals surface area contributed by atoms with E-state index in [1.807, 2.05) is 0 Å². The SMILES string of the molecule is COCCCOC(=O)Cc1ccc(OC)c(S(N)(=O)=O)c1. The van der Waals surface area contributed by atoms with Crippen LogP contribution >= 0.6 is 0 Å². The Balaban J connectivity index is 2.74. The minimum atomic E-state index is -3.92. The molecule has 8 heteroatoms. The van der Waals surface area contributed by atoms with E-state index in [4.69, 9.17) is 19.3 Å². The summed E-state index contributed by atoms with van der Waals surface area (Å²) in [6.07, 6.45) is 0.562. The fraction of sp³-hybridized carbons (Fsp3) is 0.462. The lowest BCUT2D eigenvalue weighted by molar-refractivity contribution is -0.143. The zero-order valence-corrected chi connectivity index (χ0v) is 12.8. The Bertz CT molecular complexity index is 584. The minimum absolute atomic E-state index is 0.0422. The van der Waals surface area contributed by atoms with Gasteiger partial charge in [0.2, 0.25) is 10.0 Å². The van der Waals surface area contributed by atoms with Crippen molar-refractivity contribution >= 4 is 16.0 Å². The predicted molar refractivity (Wildman–Crippen MR) is 75.5 cm³/mol. The number of sulfonamides is 1. The maximum Gasteiger partial charge on any atom is 0.310 e. The third-order valence-electron chi connectivity index (χ3n) is 2.64. The van der Waals surface area contributed by atoms with Gasteiger partial charge in [-0.1, -0.05) is 6.07 Å². The van der Waals surface area contributed by atoms with Gasteiger partial charge in [-0.05, 0) is 17.7 Å². The predicted octanol–water partition coefficient (Wildman–Crippen LogP) is 0.465. The van der Waals surface area contributed by atoms with Gasteiger partial charge in [-0.25, -0.2) is 13.6 Å². The van der Waals surface area contributed by atoms with Gasteiger partial charge in [0, 0.05) is 20.1 Å². The van der Waals surface area contributed by atoms with Crippen molar-refractivity contribution < 1.29 is 27.4 Å². The van der Waals surface area contributed by atoms with E-state index in [0.717, 1.165) is 0 Å². The van der Waals surface area contributed by atoms with Gasteiger partial charge in [-0.2, -0.15) is 0 Å². The number of methoxy groups -OCH3 is 2. The van der Waals surface area contributed by atoms with Crippen molar-refractivity contribution in [1.29, 1.82) is 0 Å². The van der Waals surface area contributed by atoms with E-state index in [1.165, 1.54) is 19.2 Å². The van der Waals surface area contributed by atoms with Gasteiger partial charge < -0.3 is 14.2 Å². The molecule has 0 unspecified atom stereocenters. The van der Waals surface area contributed by atoms with Gasteiger partial charge in [0.25, 0.3) is 0 Å². The average Bonchev–Trinajstić information content (AvgIpc) is 2.42. The van der Waals surface area contributed by atoms with E-state index in [1.54, 1.807) is 13.2 Å². The lowest BCUT2D eigenvalue weighted by atomic mass is 10.1. The first-order chi connectivity index (χ1) is 9.88. The third-order valence-corrected chi connectivity index (χ3v) is 3.57. The lowest BCUT2D eigenvalue weighted by Crippen LogP contribution is -2.15. The van der Waals surface area contributed by atoms with Crippen LogP contribution in [0.15, 0.2) is 23.1 Å². The first-order valence-corrected chi connectivity index (χ1v) is 7.77. The highest BCUT2D eigenvalue weighted by atomic mass is 32.2. The molecule has 1 aromatic rings. The molecule has 2 N–H and O–H groups in total. The molecule has 0 aliphatic carbocycles. The highest BCUT2D eigenvalue weighted by Crippen LogP contribution is 2.24. The summed E-state index contributed by atoms with van der Waals surface area (Å²) in [6, 6.07) is 4.35. The van der Waals surface area contributed by atoms with Gasteiger partial charge in [-0.3, -0.25) is 4.79 Å². The summed E-state index contributed by atoms with van der Waals surface area (Å²) >= 11 is 0. The Hall–Kier alpha value is -1.64. The number of primary sulfonamides is 1. The maximum atomic E-state index is 11.6. The number of hydrogen-bond donors (Lipinski definition) is 1. The largest absolute Gasteiger partial charge is 0.495 e. The molecule has 0 heterocycles. The number of carbonyl (C=O) groups excluding carboxylic acids is 1. The van der Waals surface area contributed by atoms with E-state index < -0.39 is 16.0 Å². The lowest BCUT2D eigenvalue weighted by Gasteiger charge is -2.09. The maximum absolute atomic E-state index is 11.6. The molecular formula is C13H19NO6S. The minimum Gasteiger partial charge on any atom is -0.495 e. The first kappa shape index (κ1) is 17.4. The van der Waals surface area contributed by atoms with Crippen LogP contribution in [-0.2, 0) is 30.7 Å². The molecule has 0 saturated carbocycles. The average molecular weight is 317 g/mol. The van der Waals surface area contributed by atoms with Crippen molar-refractivity contribution in [3.8, 4) is 5.75 Å². The number of nitrogens with two attached hydrogens (primary N) is 1. The molecular weight excluding hydrogens is 298 g/mol. The monoisotopic (exact) mass is 317 g/mol. The van der Waals surface area contributed by atoms with Crippen LogP contribution in [0.4, 0.5) is 0 Å². The molecule has 7 nitrogen and oxygen atoms in total. The van der Waals surface area contributed by atoms with Gasteiger partial charge in [0.1, 0.15) is 10.6 Å². The Labute approximate surface area is 124 Å². The Morgan fingerprint density at radius 3 is 2.52 bits per heavy atom. The van der Waals surface area contributed by atoms with Crippen molar-refractivity contribution in [3.05, 3.63) is 23.8 Å². The molecule has 0 fully saturated rings. The van der Waals surface area contributed by atoms with E-state index in [-0.39, 0.29) is 23.7 Å². The number of esters is 1. The highest BCUT2D eigenvalue weighted by molar-refractivity contribution is 7.89. The molecule has 0 atom stereocenters. The van der Waals surface area contributed by atoms with E-state index in [9.17, 15) is 13.2 Å². The van der Waals surface area contributed by atoms with E-state index >= 15 is 0 Å². The summed E-state index contributed by atoms with van der Waals surface area (Å²) in [5.41, 5.74) is 0.483. The zero-order valence-electron chi connectivity index (χ0n) is 12.0. The molecule has 0 aliphatic rings. The molecule has 118 valence electrons. The number of hydrogen-bond acceptors (Lipinski definition) is 6. The van der Waals surface area contributed by atoms with Crippen molar-refractivity contribution in [3.63, 3.8) is 0 Å². The van der Waals surface area contributed by atoms with Gasteiger partial charge in [0.15, 0.2) is 0 Å². The summed E-state index contributed by atoms with van der Waals surface area (Å²) in [4.78, 5) is 11.5. The fourth-order valence-corrected chi connectivity index (χ4v) is 2.41. The van der Waals surface area contributed by atoms with Crippen LogP contribution in [0.1, 0.15) is 12.0 Å². The Morgan fingerprint density at radius 2 is 1.95 bits per heavy atom. The second-order valence-corrected chi connectivity index (χ2v) is 5.80. The van der Waals surface area contributed by atoms with Gasteiger partial charge >= 0.3 is 5.97 Å². The molecule has 0 spiro atoms. The molecule has 0 saturated heterocycles. The topological polar surface area (TPSA) is 105 Å². The van der Waals surface area contributed by atoms with Crippen molar-refractivity contribution in [2.75, 3.05) is 27.4 Å². The van der Waals surface area contributed by atoms with Gasteiger partial charge in [-0.15, -0.1) is 0 Å². The summed E-state index contributed by atoms with van der Waals surface area (Å²) in [7, 11) is -1.02. The first-order valence-electron chi connectivity index (χ1n) is 6.22.